The van der Waals surface area contributed by atoms with Gasteiger partial charge in [-0.3, -0.25) is 9.35 Å². The Morgan fingerprint density at radius 3 is 2.37 bits per heavy atom. The van der Waals surface area contributed by atoms with Crippen LogP contribution in [0.25, 0.3) is 0 Å². The van der Waals surface area contributed by atoms with Crippen LogP contribution in [0.15, 0.2) is 0 Å². The SMILES string of the molecule is O=C(OCC(F)(F)S(=O)(=O)O)C1CC2CCC1C2.[NaH]. The molecule has 0 radical (unpaired) electrons. The third-order valence-corrected chi connectivity index (χ3v) is 4.67. The molecule has 19 heavy (non-hydrogen) atoms. The minimum atomic E-state index is -5.54. The van der Waals surface area contributed by atoms with E-state index in [0.717, 1.165) is 19.3 Å². The second-order valence-electron chi connectivity index (χ2n) is 5.00. The summed E-state index contributed by atoms with van der Waals surface area (Å²) in [6.07, 6.45) is 3.48. The quantitative estimate of drug-likeness (QED) is 0.472. The van der Waals surface area contributed by atoms with Crippen molar-refractivity contribution in [1.29, 1.82) is 0 Å². The van der Waals surface area contributed by atoms with E-state index in [1.807, 2.05) is 0 Å². The number of ether oxygens (including phenoxy) is 1. The van der Waals surface area contributed by atoms with Crippen LogP contribution in [0.1, 0.15) is 25.7 Å². The average molecular weight is 308 g/mol. The van der Waals surface area contributed by atoms with Gasteiger partial charge in [0.1, 0.15) is 0 Å². The number of rotatable bonds is 4. The van der Waals surface area contributed by atoms with Gasteiger partial charge in [-0.25, -0.2) is 0 Å². The first-order valence-electron chi connectivity index (χ1n) is 5.72. The van der Waals surface area contributed by atoms with Crippen molar-refractivity contribution in [1.82, 2.24) is 0 Å². The van der Waals surface area contributed by atoms with Crippen LogP contribution >= 0.6 is 0 Å². The summed E-state index contributed by atoms with van der Waals surface area (Å²) < 4.78 is 59.0. The Morgan fingerprint density at radius 2 is 1.95 bits per heavy atom. The molecular formula is C10H15F2NaO5S. The van der Waals surface area contributed by atoms with Gasteiger partial charge in [-0.1, -0.05) is 6.42 Å². The van der Waals surface area contributed by atoms with E-state index in [0.29, 0.717) is 12.3 Å². The monoisotopic (exact) mass is 308 g/mol. The zero-order valence-corrected chi connectivity index (χ0v) is 10.3. The summed E-state index contributed by atoms with van der Waals surface area (Å²) >= 11 is 0. The molecule has 2 saturated carbocycles. The maximum absolute atomic E-state index is 12.9. The molecule has 0 saturated heterocycles. The van der Waals surface area contributed by atoms with Crippen LogP contribution in [0.3, 0.4) is 0 Å². The van der Waals surface area contributed by atoms with Crippen LogP contribution in [-0.2, 0) is 19.6 Å². The Bertz CT molecular complexity index is 453. The molecule has 2 aliphatic rings. The van der Waals surface area contributed by atoms with E-state index < -0.39 is 33.9 Å². The van der Waals surface area contributed by atoms with Crippen LogP contribution in [0.4, 0.5) is 8.78 Å². The maximum atomic E-state index is 12.9. The van der Waals surface area contributed by atoms with Crippen molar-refractivity contribution in [2.75, 3.05) is 6.61 Å². The number of alkyl halides is 2. The molecule has 2 fully saturated rings. The van der Waals surface area contributed by atoms with Gasteiger partial charge in [0.2, 0.25) is 0 Å². The van der Waals surface area contributed by atoms with Crippen molar-refractivity contribution < 1.29 is 31.3 Å². The van der Waals surface area contributed by atoms with E-state index in [9.17, 15) is 22.0 Å². The molecule has 0 aromatic carbocycles. The summed E-state index contributed by atoms with van der Waals surface area (Å²) in [6, 6.07) is 0. The third-order valence-electron chi connectivity index (χ3n) is 3.80. The fourth-order valence-electron chi connectivity index (χ4n) is 2.87. The summed E-state index contributed by atoms with van der Waals surface area (Å²) in [4.78, 5) is 11.6. The first-order chi connectivity index (χ1) is 8.21. The van der Waals surface area contributed by atoms with Crippen LogP contribution in [0.5, 0.6) is 0 Å². The van der Waals surface area contributed by atoms with E-state index in [-0.39, 0.29) is 35.5 Å². The second-order valence-corrected chi connectivity index (χ2v) is 6.55. The van der Waals surface area contributed by atoms with Crippen LogP contribution in [-0.4, -0.2) is 60.4 Å². The molecular weight excluding hydrogens is 293 g/mol. The molecule has 5 nitrogen and oxygen atoms in total. The van der Waals surface area contributed by atoms with Gasteiger partial charge in [-0.05, 0) is 31.1 Å². The molecule has 0 heterocycles. The van der Waals surface area contributed by atoms with E-state index in [1.165, 1.54) is 0 Å². The number of hydrogen-bond acceptors (Lipinski definition) is 4. The summed E-state index contributed by atoms with van der Waals surface area (Å²) in [5, 5.41) is -4.44. The van der Waals surface area contributed by atoms with E-state index in [2.05, 4.69) is 4.74 Å². The number of carbonyl (C=O) groups excluding carboxylic acids is 1. The van der Waals surface area contributed by atoms with Crippen molar-refractivity contribution in [3.8, 4) is 0 Å². The van der Waals surface area contributed by atoms with Gasteiger partial charge >= 0.3 is 50.9 Å². The van der Waals surface area contributed by atoms with Crippen molar-refractivity contribution in [3.63, 3.8) is 0 Å². The molecule has 3 unspecified atom stereocenters. The molecule has 9 heteroatoms. The predicted molar refractivity (Wildman–Crippen MR) is 63.5 cm³/mol. The molecule has 0 aromatic heterocycles. The fraction of sp³-hybridized carbons (Fsp3) is 0.900. The molecule has 2 aliphatic carbocycles. The van der Waals surface area contributed by atoms with E-state index in [4.69, 9.17) is 4.55 Å². The summed E-state index contributed by atoms with van der Waals surface area (Å²) in [5.74, 6) is -0.567. The fourth-order valence-corrected chi connectivity index (χ4v) is 3.08. The first-order valence-corrected chi connectivity index (χ1v) is 7.16. The Balaban J connectivity index is 0.00000180. The number of fused-ring (bicyclic) bond motifs is 2. The second kappa shape index (κ2) is 5.93. The number of carbonyl (C=O) groups is 1. The van der Waals surface area contributed by atoms with Crippen molar-refractivity contribution in [2.24, 2.45) is 17.8 Å². The number of halogens is 2. The standard InChI is InChI=1S/C10H14F2O5S.Na.H/c11-10(12,18(14,15)16)5-17-9(13)8-4-6-1-2-7(8)3-6;;/h6-8H,1-5H2,(H,14,15,16);;. The minimum absolute atomic E-state index is 0. The van der Waals surface area contributed by atoms with Gasteiger partial charge in [-0.2, -0.15) is 17.2 Å². The van der Waals surface area contributed by atoms with Gasteiger partial charge < -0.3 is 4.74 Å². The molecule has 0 aromatic rings. The molecule has 2 bridgehead atoms. The molecule has 0 aliphatic heterocycles. The van der Waals surface area contributed by atoms with Crippen LogP contribution < -0.4 is 0 Å². The van der Waals surface area contributed by atoms with Gasteiger partial charge in [0, 0.05) is 0 Å². The van der Waals surface area contributed by atoms with Crippen LogP contribution in [0.2, 0.25) is 0 Å². The number of hydrogen-bond donors (Lipinski definition) is 1. The van der Waals surface area contributed by atoms with Crippen molar-refractivity contribution >= 4 is 45.6 Å². The molecule has 2 rings (SSSR count). The molecule has 0 amide bonds. The van der Waals surface area contributed by atoms with Gasteiger partial charge in [0.05, 0.1) is 5.92 Å². The van der Waals surface area contributed by atoms with Gasteiger partial charge in [0.15, 0.2) is 6.61 Å². The van der Waals surface area contributed by atoms with Gasteiger partial charge in [0.25, 0.3) is 0 Å². The average Bonchev–Trinajstić information content (AvgIpc) is 2.85. The van der Waals surface area contributed by atoms with E-state index >= 15 is 0 Å². The Kier molecular flexibility index (Phi) is 5.40. The zero-order chi connectivity index (χ0) is 13.6. The number of esters is 1. The van der Waals surface area contributed by atoms with Crippen molar-refractivity contribution in [2.45, 2.75) is 30.9 Å². The third kappa shape index (κ3) is 3.66. The Labute approximate surface area is 132 Å². The van der Waals surface area contributed by atoms with E-state index in [1.54, 1.807) is 0 Å². The van der Waals surface area contributed by atoms with Gasteiger partial charge in [-0.15, -0.1) is 0 Å². The normalized spacial score (nSPS) is 29.9. The van der Waals surface area contributed by atoms with Crippen molar-refractivity contribution in [3.05, 3.63) is 0 Å². The van der Waals surface area contributed by atoms with Crippen LogP contribution in [0, 0.1) is 17.8 Å². The summed E-state index contributed by atoms with van der Waals surface area (Å²) in [7, 11) is -5.54. The Morgan fingerprint density at radius 1 is 1.32 bits per heavy atom. The summed E-state index contributed by atoms with van der Waals surface area (Å²) in [5.41, 5.74) is 0. The predicted octanol–water partition coefficient (Wildman–Crippen LogP) is 0.798. The molecule has 0 spiro atoms. The first kappa shape index (κ1) is 17.3. The zero-order valence-electron chi connectivity index (χ0n) is 9.51. The summed E-state index contributed by atoms with van der Waals surface area (Å²) in [6.45, 7) is -1.63. The molecule has 106 valence electrons. The molecule has 3 atom stereocenters. The topological polar surface area (TPSA) is 80.7 Å². The Hall–Kier alpha value is 0.240. The molecule has 1 N–H and O–H groups in total.